The molecule has 0 unspecified atom stereocenters. The summed E-state index contributed by atoms with van der Waals surface area (Å²) in [6.07, 6.45) is 6.08. The third-order valence-corrected chi connectivity index (χ3v) is 9.27. The zero-order chi connectivity index (χ0) is 26.5. The lowest BCUT2D eigenvalue weighted by atomic mass is 9.84. The van der Waals surface area contributed by atoms with Gasteiger partial charge in [-0.05, 0) is 43.2 Å². The van der Waals surface area contributed by atoms with Crippen LogP contribution >= 0.6 is 23.1 Å². The quantitative estimate of drug-likeness (QED) is 0.320. The number of benzene rings is 1. The number of thioether (sulfide) groups is 1. The van der Waals surface area contributed by atoms with Crippen LogP contribution in [0.3, 0.4) is 0 Å². The maximum Gasteiger partial charge on any atom is 0.164 e. The van der Waals surface area contributed by atoms with Crippen molar-refractivity contribution in [3.63, 3.8) is 0 Å². The van der Waals surface area contributed by atoms with Crippen molar-refractivity contribution in [1.29, 1.82) is 0 Å². The van der Waals surface area contributed by atoms with Crippen LogP contribution in [-0.2, 0) is 23.3 Å². The number of aromatic nitrogens is 3. The third-order valence-electron chi connectivity index (χ3n) is 7.24. The lowest BCUT2D eigenvalue weighted by Crippen LogP contribution is -2.38. The summed E-state index contributed by atoms with van der Waals surface area (Å²) in [6.45, 7) is 2.66. The van der Waals surface area contributed by atoms with Gasteiger partial charge in [0, 0.05) is 48.2 Å². The molecule has 1 aromatic carbocycles. The third kappa shape index (κ3) is 4.42. The Kier molecular flexibility index (Phi) is 6.32. The molecule has 7 nitrogen and oxygen atoms in total. The number of rotatable bonds is 8. The zero-order valence-corrected chi connectivity index (χ0v) is 22.4. The Morgan fingerprint density at radius 1 is 1.16 bits per heavy atom. The predicted molar refractivity (Wildman–Crippen MR) is 144 cm³/mol. The average Bonchev–Trinajstić information content (AvgIpc) is 3.36. The molecule has 196 valence electrons. The van der Waals surface area contributed by atoms with Gasteiger partial charge < -0.3 is 15.2 Å². The number of nitrogens with two attached hydrogens (primary N) is 1. The van der Waals surface area contributed by atoms with E-state index in [-0.39, 0.29) is 22.6 Å². The number of fused-ring (bicyclic) bond motifs is 2. The number of hydrogen-bond donors (Lipinski definition) is 1. The summed E-state index contributed by atoms with van der Waals surface area (Å²) in [5.74, 6) is -1.22. The lowest BCUT2D eigenvalue weighted by molar-refractivity contribution is 0.184. The van der Waals surface area contributed by atoms with Crippen LogP contribution in [0.25, 0.3) is 10.9 Å². The van der Waals surface area contributed by atoms with E-state index in [2.05, 4.69) is 19.9 Å². The number of pyridine rings is 2. The minimum atomic E-state index is -0.997. The number of thiazole rings is 1. The van der Waals surface area contributed by atoms with Gasteiger partial charge in [-0.1, -0.05) is 11.8 Å². The molecule has 3 atom stereocenters. The molecule has 4 heterocycles. The number of halogens is 2. The largest absolute Gasteiger partial charge is 0.485 e. The van der Waals surface area contributed by atoms with Gasteiger partial charge in [0.15, 0.2) is 16.8 Å². The maximum atomic E-state index is 15.3. The van der Waals surface area contributed by atoms with Crippen LogP contribution < -0.4 is 10.5 Å². The Morgan fingerprint density at radius 2 is 2.03 bits per heavy atom. The Labute approximate surface area is 226 Å². The standard InChI is InChI=1S/C27H25F2N5O2S2/c1-26(21-11-27(21,14-35-2)38-25(30)34-26)18-7-15(8-19(28)23(18)29)9-20-24-16(3-4-31-20)10-17(12-33-24)36-13-22-32-5-6-37-22/h3-8,10,12,21H,9,11,13-14H2,1-2H3,(H2,30,34)/t21-,26+,27+/m0/s1. The zero-order valence-electron chi connectivity index (χ0n) is 20.8. The minimum Gasteiger partial charge on any atom is -0.485 e. The molecule has 0 spiro atoms. The Hall–Kier alpha value is -3.15. The van der Waals surface area contributed by atoms with E-state index < -0.39 is 17.2 Å². The van der Waals surface area contributed by atoms with E-state index in [0.29, 0.717) is 40.9 Å². The Balaban J connectivity index is 1.31. The molecule has 4 aromatic rings. The number of methoxy groups -OCH3 is 1. The highest BCUT2D eigenvalue weighted by Crippen LogP contribution is 2.66. The first-order chi connectivity index (χ1) is 18.3. The van der Waals surface area contributed by atoms with E-state index in [4.69, 9.17) is 15.2 Å². The van der Waals surface area contributed by atoms with Crippen molar-refractivity contribution in [3.05, 3.63) is 81.7 Å². The molecule has 0 amide bonds. The Morgan fingerprint density at radius 3 is 2.82 bits per heavy atom. The second-order valence-electron chi connectivity index (χ2n) is 9.78. The molecular formula is C27H25F2N5O2S2. The van der Waals surface area contributed by atoms with Gasteiger partial charge in [0.05, 0.1) is 34.3 Å². The van der Waals surface area contributed by atoms with Crippen LogP contribution in [0.15, 0.2) is 53.2 Å². The highest BCUT2D eigenvalue weighted by atomic mass is 32.2. The lowest BCUT2D eigenvalue weighted by Gasteiger charge is -2.34. The fourth-order valence-corrected chi connectivity index (χ4v) is 7.39. The monoisotopic (exact) mass is 553 g/mol. The van der Waals surface area contributed by atoms with Gasteiger partial charge in [0.1, 0.15) is 17.4 Å². The molecule has 6 rings (SSSR count). The predicted octanol–water partition coefficient (Wildman–Crippen LogP) is 5.22. The van der Waals surface area contributed by atoms with E-state index in [1.54, 1.807) is 31.8 Å². The first-order valence-corrected chi connectivity index (χ1v) is 13.8. The van der Waals surface area contributed by atoms with Gasteiger partial charge in [-0.3, -0.25) is 15.0 Å². The summed E-state index contributed by atoms with van der Waals surface area (Å²) in [4.78, 5) is 17.9. The van der Waals surface area contributed by atoms with E-state index in [1.165, 1.54) is 29.2 Å². The van der Waals surface area contributed by atoms with E-state index in [0.717, 1.165) is 16.8 Å². The summed E-state index contributed by atoms with van der Waals surface area (Å²) in [5.41, 5.74) is 7.27. The molecular weight excluding hydrogens is 528 g/mol. The summed E-state index contributed by atoms with van der Waals surface area (Å²) in [7, 11) is 1.63. The summed E-state index contributed by atoms with van der Waals surface area (Å²) < 4.78 is 41.2. The molecule has 0 radical (unpaired) electrons. The second kappa shape index (κ2) is 9.55. The Bertz CT molecular complexity index is 1550. The molecule has 0 saturated heterocycles. The van der Waals surface area contributed by atoms with Crippen LogP contribution in [0.4, 0.5) is 8.78 Å². The summed E-state index contributed by atoms with van der Waals surface area (Å²) >= 11 is 2.98. The van der Waals surface area contributed by atoms with Crippen molar-refractivity contribution in [2.75, 3.05) is 13.7 Å². The van der Waals surface area contributed by atoms with Crippen LogP contribution in [0, 0.1) is 17.6 Å². The molecule has 0 bridgehead atoms. The maximum absolute atomic E-state index is 15.3. The van der Waals surface area contributed by atoms with Crippen LogP contribution in [0.5, 0.6) is 5.75 Å². The van der Waals surface area contributed by atoms with Gasteiger partial charge in [-0.25, -0.2) is 13.8 Å². The molecule has 2 N–H and O–H groups in total. The number of aliphatic imine (C=N–C) groups is 1. The van der Waals surface area contributed by atoms with Crippen molar-refractivity contribution in [2.24, 2.45) is 16.6 Å². The topological polar surface area (TPSA) is 95.5 Å². The van der Waals surface area contributed by atoms with E-state index in [9.17, 15) is 4.39 Å². The smallest absolute Gasteiger partial charge is 0.164 e. The first-order valence-electron chi connectivity index (χ1n) is 12.1. The molecule has 2 aliphatic rings. The number of nitrogens with zero attached hydrogens (tertiary/aromatic N) is 4. The second-order valence-corrected chi connectivity index (χ2v) is 12.2. The van der Waals surface area contributed by atoms with E-state index in [1.807, 2.05) is 24.4 Å². The van der Waals surface area contributed by atoms with Crippen molar-refractivity contribution in [1.82, 2.24) is 15.0 Å². The molecule has 11 heteroatoms. The van der Waals surface area contributed by atoms with Crippen LogP contribution in [-0.4, -0.2) is 38.6 Å². The molecule has 1 aliphatic heterocycles. The number of ether oxygens (including phenoxy) is 2. The molecule has 1 saturated carbocycles. The fourth-order valence-electron chi connectivity index (χ4n) is 5.41. The fraction of sp³-hybridized carbons (Fsp3) is 0.333. The highest BCUT2D eigenvalue weighted by Gasteiger charge is 2.66. The van der Waals surface area contributed by atoms with Gasteiger partial charge in [-0.15, -0.1) is 11.3 Å². The van der Waals surface area contributed by atoms with Gasteiger partial charge in [-0.2, -0.15) is 0 Å². The van der Waals surface area contributed by atoms with Crippen LogP contribution in [0.2, 0.25) is 0 Å². The molecule has 38 heavy (non-hydrogen) atoms. The SMILES string of the molecule is COC[C@]12C[C@H]1[C@@](C)(c1cc(Cc3nccc4cc(OCc5nccs5)cnc34)cc(F)c1F)N=C(N)S2. The normalized spacial score (nSPS) is 24.2. The minimum absolute atomic E-state index is 0.0171. The number of hydrogen-bond acceptors (Lipinski definition) is 9. The summed E-state index contributed by atoms with van der Waals surface area (Å²) in [5, 5.41) is 3.97. The van der Waals surface area contributed by atoms with E-state index >= 15 is 4.39 Å². The van der Waals surface area contributed by atoms with Gasteiger partial charge in [0.25, 0.3) is 0 Å². The first kappa shape index (κ1) is 25.1. The van der Waals surface area contributed by atoms with Crippen molar-refractivity contribution < 1.29 is 18.3 Å². The summed E-state index contributed by atoms with van der Waals surface area (Å²) in [6, 6.07) is 6.64. The van der Waals surface area contributed by atoms with Crippen molar-refractivity contribution in [2.45, 2.75) is 36.7 Å². The van der Waals surface area contributed by atoms with Gasteiger partial charge >= 0.3 is 0 Å². The molecule has 1 fully saturated rings. The van der Waals surface area contributed by atoms with Crippen molar-refractivity contribution >= 4 is 39.2 Å². The molecule has 3 aromatic heterocycles. The van der Waals surface area contributed by atoms with Crippen molar-refractivity contribution in [3.8, 4) is 5.75 Å². The number of amidine groups is 1. The molecule has 1 aliphatic carbocycles. The van der Waals surface area contributed by atoms with Crippen LogP contribution in [0.1, 0.15) is 35.2 Å². The highest BCUT2D eigenvalue weighted by molar-refractivity contribution is 8.15. The average molecular weight is 554 g/mol. The van der Waals surface area contributed by atoms with Gasteiger partial charge in [0.2, 0.25) is 0 Å².